The molecule has 0 aromatic heterocycles. The minimum atomic E-state index is -0.0804. The van der Waals surface area contributed by atoms with E-state index in [0.29, 0.717) is 23.2 Å². The van der Waals surface area contributed by atoms with E-state index in [0.717, 1.165) is 12.0 Å². The molecule has 0 spiro atoms. The average molecular weight is 252 g/mol. The Morgan fingerprint density at radius 3 is 2.88 bits per heavy atom. The lowest BCUT2D eigenvalue weighted by molar-refractivity contribution is 0.0361. The Balaban J connectivity index is 2.28. The number of halogens is 1. The van der Waals surface area contributed by atoms with Gasteiger partial charge in [-0.05, 0) is 43.5 Å². The standard InChI is InChI=1S/C12H14ClN3O/c1-12(2)6-9(7-17-12)8-3-4-10(13)11(5-8)15-16-14/h3-5,9H,6-7H2,1-2H3/t9-/m1/s1. The third-order valence-corrected chi connectivity index (χ3v) is 3.33. The van der Waals surface area contributed by atoms with E-state index < -0.39 is 0 Å². The van der Waals surface area contributed by atoms with Crippen LogP contribution in [-0.4, -0.2) is 12.2 Å². The Morgan fingerprint density at radius 2 is 2.29 bits per heavy atom. The van der Waals surface area contributed by atoms with Gasteiger partial charge in [0, 0.05) is 10.8 Å². The van der Waals surface area contributed by atoms with Crippen molar-refractivity contribution in [2.45, 2.75) is 31.8 Å². The molecule has 0 saturated carbocycles. The zero-order valence-electron chi connectivity index (χ0n) is 9.85. The van der Waals surface area contributed by atoms with E-state index in [1.54, 1.807) is 6.07 Å². The normalized spacial score (nSPS) is 22.2. The number of hydrogen-bond donors (Lipinski definition) is 0. The molecule has 1 atom stereocenters. The maximum absolute atomic E-state index is 8.46. The van der Waals surface area contributed by atoms with Crippen molar-refractivity contribution in [3.05, 3.63) is 39.2 Å². The highest BCUT2D eigenvalue weighted by atomic mass is 35.5. The number of rotatable bonds is 2. The summed E-state index contributed by atoms with van der Waals surface area (Å²) in [6.07, 6.45) is 0.963. The molecule has 1 aliphatic heterocycles. The van der Waals surface area contributed by atoms with Crippen molar-refractivity contribution < 1.29 is 4.74 Å². The minimum absolute atomic E-state index is 0.0804. The van der Waals surface area contributed by atoms with Crippen LogP contribution in [0.3, 0.4) is 0 Å². The lowest BCUT2D eigenvalue weighted by atomic mass is 9.91. The van der Waals surface area contributed by atoms with Crippen molar-refractivity contribution in [2.24, 2.45) is 5.11 Å². The highest BCUT2D eigenvalue weighted by Crippen LogP contribution is 2.38. The molecule has 1 aliphatic rings. The van der Waals surface area contributed by atoms with Crippen molar-refractivity contribution in [3.8, 4) is 0 Å². The molecular formula is C12H14ClN3O. The molecule has 1 heterocycles. The molecule has 0 aliphatic carbocycles. The lowest BCUT2D eigenvalue weighted by Crippen LogP contribution is -2.16. The molecule has 90 valence electrons. The van der Waals surface area contributed by atoms with E-state index >= 15 is 0 Å². The second-order valence-corrected chi connectivity index (χ2v) is 5.28. The van der Waals surface area contributed by atoms with Crippen LogP contribution < -0.4 is 0 Å². The molecule has 0 N–H and O–H groups in total. The van der Waals surface area contributed by atoms with Crippen molar-refractivity contribution in [1.82, 2.24) is 0 Å². The van der Waals surface area contributed by atoms with E-state index in [1.807, 2.05) is 12.1 Å². The third-order valence-electron chi connectivity index (χ3n) is 3.01. The fourth-order valence-corrected chi connectivity index (χ4v) is 2.32. The number of ether oxygens (including phenoxy) is 1. The summed E-state index contributed by atoms with van der Waals surface area (Å²) in [5, 5.41) is 4.06. The van der Waals surface area contributed by atoms with Gasteiger partial charge in [-0.25, -0.2) is 0 Å². The fourth-order valence-electron chi connectivity index (χ4n) is 2.16. The summed E-state index contributed by atoms with van der Waals surface area (Å²) in [6.45, 7) is 4.86. The van der Waals surface area contributed by atoms with Gasteiger partial charge < -0.3 is 4.74 Å². The first-order chi connectivity index (χ1) is 8.02. The molecule has 0 bridgehead atoms. The minimum Gasteiger partial charge on any atom is -0.375 e. The second-order valence-electron chi connectivity index (χ2n) is 4.87. The Labute approximate surface area is 105 Å². The van der Waals surface area contributed by atoms with Gasteiger partial charge in [-0.2, -0.15) is 0 Å². The third kappa shape index (κ3) is 2.72. The van der Waals surface area contributed by atoms with Gasteiger partial charge in [0.1, 0.15) is 0 Å². The maximum Gasteiger partial charge on any atom is 0.0633 e. The molecule has 1 fully saturated rings. The Bertz CT molecular complexity index is 481. The molecule has 0 amide bonds. The van der Waals surface area contributed by atoms with Crippen molar-refractivity contribution >= 4 is 17.3 Å². The molecule has 17 heavy (non-hydrogen) atoms. The smallest absolute Gasteiger partial charge is 0.0633 e. The summed E-state index contributed by atoms with van der Waals surface area (Å²) in [7, 11) is 0. The average Bonchev–Trinajstić information content (AvgIpc) is 2.62. The van der Waals surface area contributed by atoms with Crippen LogP contribution >= 0.6 is 11.6 Å². The first-order valence-electron chi connectivity index (χ1n) is 5.50. The molecular weight excluding hydrogens is 238 g/mol. The molecule has 4 nitrogen and oxygen atoms in total. The van der Waals surface area contributed by atoms with Crippen molar-refractivity contribution in [2.75, 3.05) is 6.61 Å². The maximum atomic E-state index is 8.46. The number of benzene rings is 1. The quantitative estimate of drug-likeness (QED) is 0.432. The van der Waals surface area contributed by atoms with Gasteiger partial charge in [0.05, 0.1) is 22.9 Å². The summed E-state index contributed by atoms with van der Waals surface area (Å²) in [5.74, 6) is 0.343. The summed E-state index contributed by atoms with van der Waals surface area (Å²) < 4.78 is 5.70. The van der Waals surface area contributed by atoms with Crippen LogP contribution in [0.1, 0.15) is 31.7 Å². The molecule has 2 rings (SSSR count). The van der Waals surface area contributed by atoms with Crippen LogP contribution in [0.25, 0.3) is 10.4 Å². The molecule has 0 radical (unpaired) electrons. The highest BCUT2D eigenvalue weighted by Gasteiger charge is 2.32. The predicted molar refractivity (Wildman–Crippen MR) is 67.6 cm³/mol. The Kier molecular flexibility index (Phi) is 3.29. The van der Waals surface area contributed by atoms with Crippen LogP contribution in [-0.2, 0) is 4.74 Å². The zero-order valence-corrected chi connectivity index (χ0v) is 10.6. The topological polar surface area (TPSA) is 58.0 Å². The first-order valence-corrected chi connectivity index (χ1v) is 5.88. The van der Waals surface area contributed by atoms with Gasteiger partial charge in [-0.1, -0.05) is 22.8 Å². The first kappa shape index (κ1) is 12.2. The SMILES string of the molecule is CC1(C)C[C@@H](c2ccc(Cl)c(N=[N+]=[N-])c2)CO1. The summed E-state index contributed by atoms with van der Waals surface area (Å²) in [4.78, 5) is 2.77. The molecule has 1 saturated heterocycles. The monoisotopic (exact) mass is 251 g/mol. The van der Waals surface area contributed by atoms with Crippen LogP contribution in [0.15, 0.2) is 23.3 Å². The van der Waals surface area contributed by atoms with Crippen LogP contribution in [0.5, 0.6) is 0 Å². The van der Waals surface area contributed by atoms with Crippen molar-refractivity contribution in [1.29, 1.82) is 0 Å². The largest absolute Gasteiger partial charge is 0.375 e. The fraction of sp³-hybridized carbons (Fsp3) is 0.500. The van der Waals surface area contributed by atoms with E-state index in [9.17, 15) is 0 Å². The summed E-state index contributed by atoms with van der Waals surface area (Å²) in [6, 6.07) is 5.58. The van der Waals surface area contributed by atoms with Gasteiger partial charge in [0.25, 0.3) is 0 Å². The molecule has 1 aromatic rings. The van der Waals surface area contributed by atoms with E-state index in [-0.39, 0.29) is 5.60 Å². The lowest BCUT2D eigenvalue weighted by Gasteiger charge is -2.16. The van der Waals surface area contributed by atoms with Crippen LogP contribution in [0, 0.1) is 0 Å². The highest BCUT2D eigenvalue weighted by molar-refractivity contribution is 6.33. The van der Waals surface area contributed by atoms with E-state index in [2.05, 4.69) is 23.9 Å². The van der Waals surface area contributed by atoms with Gasteiger partial charge in [0.15, 0.2) is 0 Å². The van der Waals surface area contributed by atoms with E-state index in [1.165, 1.54) is 0 Å². The van der Waals surface area contributed by atoms with Gasteiger partial charge in [-0.15, -0.1) is 0 Å². The van der Waals surface area contributed by atoms with E-state index in [4.69, 9.17) is 21.9 Å². The summed E-state index contributed by atoms with van der Waals surface area (Å²) in [5.41, 5.74) is 9.97. The second kappa shape index (κ2) is 4.57. The zero-order chi connectivity index (χ0) is 12.5. The van der Waals surface area contributed by atoms with Crippen LogP contribution in [0.2, 0.25) is 5.02 Å². The Hall–Kier alpha value is -1.22. The number of nitrogens with zero attached hydrogens (tertiary/aromatic N) is 3. The Morgan fingerprint density at radius 1 is 1.53 bits per heavy atom. The van der Waals surface area contributed by atoms with Gasteiger partial charge in [0.2, 0.25) is 0 Å². The van der Waals surface area contributed by atoms with Crippen LogP contribution in [0.4, 0.5) is 5.69 Å². The number of hydrogen-bond acceptors (Lipinski definition) is 2. The van der Waals surface area contributed by atoms with Crippen molar-refractivity contribution in [3.63, 3.8) is 0 Å². The summed E-state index contributed by atoms with van der Waals surface area (Å²) >= 11 is 5.94. The molecule has 1 aromatic carbocycles. The molecule has 0 unspecified atom stereocenters. The molecule has 5 heteroatoms. The predicted octanol–water partition coefficient (Wildman–Crippen LogP) is 4.56. The van der Waals surface area contributed by atoms with Gasteiger partial charge >= 0.3 is 0 Å². The number of azide groups is 1. The van der Waals surface area contributed by atoms with Gasteiger partial charge in [-0.3, -0.25) is 0 Å².